The van der Waals surface area contributed by atoms with E-state index in [1.807, 2.05) is 18.2 Å². The summed E-state index contributed by atoms with van der Waals surface area (Å²) in [5, 5.41) is 3.17. The monoisotopic (exact) mass is 513 g/mol. The maximum atomic E-state index is 13.9. The highest BCUT2D eigenvalue weighted by atomic mass is 79.9. The van der Waals surface area contributed by atoms with Crippen molar-refractivity contribution < 1.29 is 19.1 Å². The Morgan fingerprint density at radius 2 is 1.78 bits per heavy atom. The van der Waals surface area contributed by atoms with Gasteiger partial charge in [-0.3, -0.25) is 14.4 Å². The summed E-state index contributed by atoms with van der Waals surface area (Å²) in [6.45, 7) is 1.80. The second kappa shape index (κ2) is 6.86. The van der Waals surface area contributed by atoms with Gasteiger partial charge in [-0.25, -0.2) is 0 Å². The number of likely N-dealkylation sites (N-methyl/N-ethyl adjacent to an activating group) is 2. The number of rotatable bonds is 2. The molecule has 2 aromatic rings. The van der Waals surface area contributed by atoms with Crippen molar-refractivity contribution in [3.8, 4) is 0 Å². The summed E-state index contributed by atoms with van der Waals surface area (Å²) in [6, 6.07) is 12.6. The minimum Gasteiger partial charge on any atom is -0.466 e. The minimum absolute atomic E-state index is 0.108. The highest BCUT2D eigenvalue weighted by Crippen LogP contribution is 2.60. The fourth-order valence-electron chi connectivity index (χ4n) is 5.48. The van der Waals surface area contributed by atoms with Crippen LogP contribution in [0.25, 0.3) is 0 Å². The van der Waals surface area contributed by atoms with E-state index in [0.29, 0.717) is 22.5 Å². The summed E-state index contributed by atoms with van der Waals surface area (Å²) in [6.07, 6.45) is 0. The molecule has 1 fully saturated rings. The van der Waals surface area contributed by atoms with E-state index in [2.05, 4.69) is 21.2 Å². The third-order valence-corrected chi connectivity index (χ3v) is 7.69. The lowest BCUT2D eigenvalue weighted by Crippen LogP contribution is -2.56. The molecule has 7 nitrogen and oxygen atoms in total. The zero-order valence-corrected chi connectivity index (χ0v) is 20.0. The quantitative estimate of drug-likeness (QED) is 0.491. The van der Waals surface area contributed by atoms with E-state index < -0.39 is 22.8 Å². The number of fused-ring (bicyclic) bond motifs is 4. The van der Waals surface area contributed by atoms with Gasteiger partial charge < -0.3 is 19.9 Å². The molecule has 2 aromatic carbocycles. The molecule has 3 atom stereocenters. The number of benzene rings is 2. The summed E-state index contributed by atoms with van der Waals surface area (Å²) in [5.74, 6) is -2.57. The smallest absolute Gasteiger partial charge is 0.314 e. The van der Waals surface area contributed by atoms with Gasteiger partial charge in [-0.1, -0.05) is 52.4 Å². The van der Waals surface area contributed by atoms with Crippen LogP contribution in [0.15, 0.2) is 46.9 Å². The van der Waals surface area contributed by atoms with Gasteiger partial charge in [-0.2, -0.15) is 0 Å². The largest absolute Gasteiger partial charge is 0.466 e. The third kappa shape index (κ3) is 2.25. The molecule has 5 rings (SSSR count). The Bertz CT molecular complexity index is 1230. The van der Waals surface area contributed by atoms with E-state index in [4.69, 9.17) is 17.0 Å². The predicted octanol–water partition coefficient (Wildman–Crippen LogP) is 2.65. The topological polar surface area (TPSA) is 79.0 Å². The Morgan fingerprint density at radius 3 is 2.50 bits per heavy atom. The molecule has 0 aromatic heterocycles. The Hall–Kier alpha value is -2.78. The Balaban J connectivity index is 1.86. The normalized spacial score (nSPS) is 27.9. The van der Waals surface area contributed by atoms with Gasteiger partial charge in [0.15, 0.2) is 5.54 Å². The van der Waals surface area contributed by atoms with Crippen molar-refractivity contribution in [3.05, 3.63) is 58.1 Å². The number of esters is 1. The van der Waals surface area contributed by atoms with Crippen LogP contribution in [-0.4, -0.2) is 43.5 Å². The highest BCUT2D eigenvalue weighted by molar-refractivity contribution is 9.10. The zero-order valence-electron chi connectivity index (χ0n) is 17.6. The Kier molecular flexibility index (Phi) is 4.52. The Morgan fingerprint density at radius 1 is 1.09 bits per heavy atom. The molecule has 0 bridgehead atoms. The molecule has 3 heterocycles. The number of carbonyl (C=O) groups is 3. The fraction of sp³-hybridized carbons (Fsp3) is 0.304. The van der Waals surface area contributed by atoms with Crippen LogP contribution in [0.1, 0.15) is 18.1 Å². The molecular formula is C23H20BrN3O4S. The predicted molar refractivity (Wildman–Crippen MR) is 127 cm³/mol. The molecular weight excluding hydrogens is 494 g/mol. The first kappa shape index (κ1) is 21.1. The minimum atomic E-state index is -1.56. The Labute approximate surface area is 198 Å². The number of nitrogens with one attached hydrogen (secondary N) is 1. The van der Waals surface area contributed by atoms with Crippen molar-refractivity contribution in [3.63, 3.8) is 0 Å². The maximum absolute atomic E-state index is 13.9. The van der Waals surface area contributed by atoms with E-state index in [1.165, 1.54) is 9.80 Å². The van der Waals surface area contributed by atoms with Crippen LogP contribution >= 0.6 is 28.1 Å². The lowest BCUT2D eigenvalue weighted by atomic mass is 9.65. The second-order valence-electron chi connectivity index (χ2n) is 8.16. The molecule has 32 heavy (non-hydrogen) atoms. The van der Waals surface area contributed by atoms with Crippen molar-refractivity contribution in [2.75, 3.05) is 30.5 Å². The van der Waals surface area contributed by atoms with Crippen LogP contribution in [0.5, 0.6) is 0 Å². The van der Waals surface area contributed by atoms with Gasteiger partial charge in [0.05, 0.1) is 11.6 Å². The van der Waals surface area contributed by atoms with Crippen molar-refractivity contribution in [1.82, 2.24) is 5.32 Å². The van der Waals surface area contributed by atoms with Crippen LogP contribution in [0.2, 0.25) is 0 Å². The van der Waals surface area contributed by atoms with Crippen molar-refractivity contribution in [2.24, 2.45) is 5.92 Å². The summed E-state index contributed by atoms with van der Waals surface area (Å²) >= 11 is 9.24. The van der Waals surface area contributed by atoms with Gasteiger partial charge in [0.25, 0.3) is 5.91 Å². The first-order valence-corrected chi connectivity index (χ1v) is 11.4. The molecule has 0 radical (unpaired) electrons. The molecule has 0 aliphatic carbocycles. The number of nitrogens with zero attached hydrogens (tertiary/aromatic N) is 2. The SMILES string of the molecule is CCOC(=O)[C@H]1[C@]2(C(=O)N(C)c3cc(Br)ccc32)C(=S)N[C@]12C(=O)N(C)c1ccccc12. The number of hydrogen-bond donors (Lipinski definition) is 1. The molecule has 9 heteroatoms. The summed E-state index contributed by atoms with van der Waals surface area (Å²) in [4.78, 5) is 44.5. The van der Waals surface area contributed by atoms with Gasteiger partial charge in [-0.15, -0.1) is 0 Å². The van der Waals surface area contributed by atoms with Crippen LogP contribution in [0.3, 0.4) is 0 Å². The average molecular weight is 514 g/mol. The number of thiocarbonyl (C=S) groups is 1. The van der Waals surface area contributed by atoms with Crippen molar-refractivity contribution in [1.29, 1.82) is 0 Å². The van der Waals surface area contributed by atoms with Gasteiger partial charge in [-0.05, 0) is 30.7 Å². The van der Waals surface area contributed by atoms with E-state index in [0.717, 1.165) is 4.47 Å². The van der Waals surface area contributed by atoms with E-state index in [1.54, 1.807) is 45.3 Å². The number of hydrogen-bond acceptors (Lipinski definition) is 5. The van der Waals surface area contributed by atoms with Crippen LogP contribution in [0, 0.1) is 5.92 Å². The molecule has 2 spiro atoms. The van der Waals surface area contributed by atoms with Gasteiger partial charge in [0.1, 0.15) is 11.3 Å². The molecule has 0 unspecified atom stereocenters. The highest BCUT2D eigenvalue weighted by Gasteiger charge is 2.76. The average Bonchev–Trinajstić information content (AvgIpc) is 3.26. The number of para-hydroxylation sites is 1. The summed E-state index contributed by atoms with van der Waals surface area (Å²) in [7, 11) is 3.30. The molecule has 3 aliphatic rings. The van der Waals surface area contributed by atoms with Crippen molar-refractivity contribution >= 4 is 62.3 Å². The van der Waals surface area contributed by atoms with Gasteiger partial charge >= 0.3 is 5.97 Å². The number of halogens is 1. The summed E-state index contributed by atoms with van der Waals surface area (Å²) < 4.78 is 6.27. The van der Waals surface area contributed by atoms with Crippen molar-refractivity contribution in [2.45, 2.75) is 17.9 Å². The first-order valence-electron chi connectivity index (χ1n) is 10.2. The standard InChI is InChI=1S/C23H20BrN3O4S/c1-4-31-18(28)17-22(13-10-9-12(24)11-16(13)27(3)20(22)29)19(32)25-23(17)14-7-5-6-8-15(14)26(2)21(23)30/h5-11,17H,4H2,1-3H3,(H,25,32)/t17-,22-,23-/m0/s1. The van der Waals surface area contributed by atoms with Crippen LogP contribution in [0.4, 0.5) is 11.4 Å². The lowest BCUT2D eigenvalue weighted by molar-refractivity contribution is -0.156. The molecule has 3 aliphatic heterocycles. The van der Waals surface area contributed by atoms with Crippen LogP contribution in [-0.2, 0) is 30.1 Å². The number of ether oxygens (including phenoxy) is 1. The molecule has 1 N–H and O–H groups in total. The lowest BCUT2D eigenvalue weighted by Gasteiger charge is -2.33. The van der Waals surface area contributed by atoms with Gasteiger partial charge in [0.2, 0.25) is 5.91 Å². The molecule has 2 amide bonds. The fourth-order valence-corrected chi connectivity index (χ4v) is 6.30. The summed E-state index contributed by atoms with van der Waals surface area (Å²) in [5.41, 5.74) is -0.618. The second-order valence-corrected chi connectivity index (χ2v) is 9.49. The van der Waals surface area contributed by atoms with E-state index in [9.17, 15) is 14.4 Å². The van der Waals surface area contributed by atoms with E-state index in [-0.39, 0.29) is 23.4 Å². The van der Waals surface area contributed by atoms with Gasteiger partial charge in [0, 0.05) is 35.5 Å². The molecule has 1 saturated heterocycles. The number of amides is 2. The molecule has 164 valence electrons. The molecule has 0 saturated carbocycles. The number of anilines is 2. The maximum Gasteiger partial charge on any atom is 0.314 e. The zero-order chi connectivity index (χ0) is 23.0. The third-order valence-electron chi connectivity index (χ3n) is 6.78. The number of carbonyl (C=O) groups excluding carboxylic acids is 3. The first-order chi connectivity index (χ1) is 15.2. The van der Waals surface area contributed by atoms with Crippen LogP contribution < -0.4 is 15.1 Å². The van der Waals surface area contributed by atoms with E-state index >= 15 is 0 Å².